The lowest BCUT2D eigenvalue weighted by Gasteiger charge is -2.07. The van der Waals surface area contributed by atoms with Crippen LogP contribution in [-0.4, -0.2) is 23.0 Å². The van der Waals surface area contributed by atoms with Crippen LogP contribution in [0, 0.1) is 0 Å². The maximum Gasteiger partial charge on any atom is 0.0795 e. The highest BCUT2D eigenvalue weighted by Crippen LogP contribution is 2.04. The van der Waals surface area contributed by atoms with E-state index in [9.17, 15) is 0 Å². The van der Waals surface area contributed by atoms with Gasteiger partial charge in [-0.2, -0.15) is 11.8 Å². The molecule has 0 spiro atoms. The molecule has 0 saturated carbocycles. The van der Waals surface area contributed by atoms with Gasteiger partial charge in [-0.15, -0.1) is 11.3 Å². The van der Waals surface area contributed by atoms with Crippen molar-refractivity contribution in [1.29, 1.82) is 0 Å². The quantitative estimate of drug-likeness (QED) is 0.790. The summed E-state index contributed by atoms with van der Waals surface area (Å²) in [7, 11) is 0. The number of nitrogens with one attached hydrogen (secondary N) is 1. The smallest absolute Gasteiger partial charge is 0.0795 e. The number of thiazole rings is 1. The van der Waals surface area contributed by atoms with Gasteiger partial charge in [-0.25, -0.2) is 4.98 Å². The summed E-state index contributed by atoms with van der Waals surface area (Å²) in [6.45, 7) is 4.17. The molecule has 0 aliphatic rings. The highest BCUT2D eigenvalue weighted by atomic mass is 32.2. The van der Waals surface area contributed by atoms with E-state index in [1.54, 1.807) is 11.3 Å². The van der Waals surface area contributed by atoms with Gasteiger partial charge in [0.05, 0.1) is 11.2 Å². The number of aromatic nitrogens is 1. The number of hydrogen-bond acceptors (Lipinski definition) is 4. The van der Waals surface area contributed by atoms with E-state index in [-0.39, 0.29) is 0 Å². The van der Waals surface area contributed by atoms with Crippen LogP contribution in [0.2, 0.25) is 0 Å². The zero-order valence-corrected chi connectivity index (χ0v) is 9.04. The summed E-state index contributed by atoms with van der Waals surface area (Å²) in [5, 5.41) is 6.13. The van der Waals surface area contributed by atoms with Gasteiger partial charge in [0, 0.05) is 23.7 Å². The second-order valence-corrected chi connectivity index (χ2v) is 4.65. The fourth-order valence-corrected chi connectivity index (χ4v) is 1.65. The third kappa shape index (κ3) is 3.56. The average molecular weight is 202 g/mol. The third-order valence-electron chi connectivity index (χ3n) is 1.62. The Morgan fingerprint density at radius 3 is 3.17 bits per heavy atom. The summed E-state index contributed by atoms with van der Waals surface area (Å²) in [5.74, 6) is 0. The number of thioether (sulfide) groups is 1. The van der Waals surface area contributed by atoms with E-state index >= 15 is 0 Å². The first-order valence-electron chi connectivity index (χ1n) is 3.93. The molecule has 1 unspecified atom stereocenters. The molecule has 0 amide bonds. The van der Waals surface area contributed by atoms with Crippen molar-refractivity contribution < 1.29 is 0 Å². The number of nitrogens with zero attached hydrogens (tertiary/aromatic N) is 1. The Morgan fingerprint density at radius 1 is 1.75 bits per heavy atom. The Hall–Kier alpha value is -0.0600. The van der Waals surface area contributed by atoms with Crippen molar-refractivity contribution in [3.05, 3.63) is 16.6 Å². The predicted octanol–water partition coefficient (Wildman–Crippen LogP) is 1.98. The van der Waals surface area contributed by atoms with Crippen LogP contribution in [-0.2, 0) is 6.54 Å². The average Bonchev–Trinajstić information content (AvgIpc) is 2.57. The molecule has 0 fully saturated rings. The normalized spacial score (nSPS) is 13.2. The summed E-state index contributed by atoms with van der Waals surface area (Å²) >= 11 is 3.53. The summed E-state index contributed by atoms with van der Waals surface area (Å²) in [6.07, 6.45) is 2.13. The van der Waals surface area contributed by atoms with E-state index < -0.39 is 0 Å². The Balaban J connectivity index is 2.11. The Bertz CT molecular complexity index is 199. The second-order valence-electron chi connectivity index (χ2n) is 2.66. The molecule has 0 aliphatic carbocycles. The maximum atomic E-state index is 4.19. The van der Waals surface area contributed by atoms with Gasteiger partial charge in [0.1, 0.15) is 0 Å². The molecule has 2 nitrogen and oxygen atoms in total. The van der Waals surface area contributed by atoms with Crippen molar-refractivity contribution in [1.82, 2.24) is 10.3 Å². The zero-order valence-electron chi connectivity index (χ0n) is 7.41. The molecule has 1 aromatic heterocycles. The molecule has 1 aromatic rings. The van der Waals surface area contributed by atoms with E-state index in [4.69, 9.17) is 0 Å². The zero-order chi connectivity index (χ0) is 8.81. The van der Waals surface area contributed by atoms with Crippen molar-refractivity contribution >= 4 is 23.1 Å². The van der Waals surface area contributed by atoms with Gasteiger partial charge in [0.2, 0.25) is 0 Å². The fraction of sp³-hybridized carbons (Fsp3) is 0.625. The Kier molecular flexibility index (Phi) is 4.65. The molecule has 1 N–H and O–H groups in total. The summed E-state index contributed by atoms with van der Waals surface area (Å²) in [5.41, 5.74) is 3.02. The molecular formula is C8H14N2S2. The second kappa shape index (κ2) is 5.56. The Morgan fingerprint density at radius 2 is 2.58 bits per heavy atom. The largest absolute Gasteiger partial charge is 0.310 e. The van der Waals surface area contributed by atoms with Crippen LogP contribution in [0.3, 0.4) is 0 Å². The predicted molar refractivity (Wildman–Crippen MR) is 56.8 cm³/mol. The molecular weight excluding hydrogens is 188 g/mol. The molecule has 68 valence electrons. The molecule has 0 bridgehead atoms. The lowest BCUT2D eigenvalue weighted by Crippen LogP contribution is -2.22. The first kappa shape index (κ1) is 10.0. The summed E-state index contributed by atoms with van der Waals surface area (Å²) < 4.78 is 0. The SMILES string of the molecule is CSC(C)CNCc1cscn1. The van der Waals surface area contributed by atoms with Crippen LogP contribution < -0.4 is 5.32 Å². The van der Waals surface area contributed by atoms with E-state index in [0.29, 0.717) is 5.25 Å². The van der Waals surface area contributed by atoms with Gasteiger partial charge in [-0.1, -0.05) is 6.92 Å². The molecule has 1 atom stereocenters. The molecule has 1 rings (SSSR count). The highest BCUT2D eigenvalue weighted by molar-refractivity contribution is 7.99. The number of rotatable bonds is 5. The summed E-state index contributed by atoms with van der Waals surface area (Å²) in [4.78, 5) is 4.19. The van der Waals surface area contributed by atoms with Gasteiger partial charge in [0.25, 0.3) is 0 Å². The monoisotopic (exact) mass is 202 g/mol. The topological polar surface area (TPSA) is 24.9 Å². The van der Waals surface area contributed by atoms with Crippen LogP contribution in [0.4, 0.5) is 0 Å². The first-order chi connectivity index (χ1) is 5.83. The lowest BCUT2D eigenvalue weighted by molar-refractivity contribution is 0.675. The van der Waals surface area contributed by atoms with E-state index in [0.717, 1.165) is 18.8 Å². The molecule has 0 radical (unpaired) electrons. The molecule has 4 heteroatoms. The number of hydrogen-bond donors (Lipinski definition) is 1. The maximum absolute atomic E-state index is 4.19. The van der Waals surface area contributed by atoms with Crippen molar-refractivity contribution in [2.45, 2.75) is 18.7 Å². The van der Waals surface area contributed by atoms with Gasteiger partial charge in [0.15, 0.2) is 0 Å². The van der Waals surface area contributed by atoms with Gasteiger partial charge >= 0.3 is 0 Å². The van der Waals surface area contributed by atoms with Crippen LogP contribution in [0.1, 0.15) is 12.6 Å². The van der Waals surface area contributed by atoms with Crippen molar-refractivity contribution in [3.8, 4) is 0 Å². The van der Waals surface area contributed by atoms with Crippen LogP contribution in [0.5, 0.6) is 0 Å². The fourth-order valence-electron chi connectivity index (χ4n) is 0.812. The minimum atomic E-state index is 0.684. The Labute approximate surface area is 81.8 Å². The van der Waals surface area contributed by atoms with Gasteiger partial charge in [-0.05, 0) is 6.26 Å². The van der Waals surface area contributed by atoms with Gasteiger partial charge < -0.3 is 5.32 Å². The minimum Gasteiger partial charge on any atom is -0.310 e. The van der Waals surface area contributed by atoms with E-state index in [1.165, 1.54) is 0 Å². The summed E-state index contributed by atoms with van der Waals surface area (Å²) in [6, 6.07) is 0. The molecule has 0 aliphatic heterocycles. The first-order valence-corrected chi connectivity index (χ1v) is 6.16. The van der Waals surface area contributed by atoms with Crippen LogP contribution in [0.25, 0.3) is 0 Å². The van der Waals surface area contributed by atoms with Gasteiger partial charge in [-0.3, -0.25) is 0 Å². The van der Waals surface area contributed by atoms with E-state index in [1.807, 2.05) is 17.3 Å². The molecule has 0 saturated heterocycles. The van der Waals surface area contributed by atoms with Crippen molar-refractivity contribution in [2.24, 2.45) is 0 Å². The van der Waals surface area contributed by atoms with Crippen molar-refractivity contribution in [2.75, 3.05) is 12.8 Å². The minimum absolute atomic E-state index is 0.684. The lowest BCUT2D eigenvalue weighted by atomic mass is 10.4. The van der Waals surface area contributed by atoms with E-state index in [2.05, 4.69) is 28.9 Å². The third-order valence-corrected chi connectivity index (χ3v) is 3.23. The van der Waals surface area contributed by atoms with Crippen LogP contribution >= 0.6 is 23.1 Å². The molecule has 0 aromatic carbocycles. The standard InChI is InChI=1S/C8H14N2S2/c1-7(11-2)3-9-4-8-5-12-6-10-8/h5-7,9H,3-4H2,1-2H3. The molecule has 1 heterocycles. The van der Waals surface area contributed by atoms with Crippen LogP contribution in [0.15, 0.2) is 10.9 Å². The molecule has 12 heavy (non-hydrogen) atoms. The highest BCUT2D eigenvalue weighted by Gasteiger charge is 1.98. The van der Waals surface area contributed by atoms with Crippen molar-refractivity contribution in [3.63, 3.8) is 0 Å².